The molecule has 1 fully saturated rings. The number of benzene rings is 2. The van der Waals surface area contributed by atoms with E-state index in [1.165, 1.54) is 11.6 Å². The molecule has 6 nitrogen and oxygen atoms in total. The second kappa shape index (κ2) is 11.2. The molecule has 0 spiro atoms. The molecular weight excluding hydrogens is 397 g/mol. The highest BCUT2D eigenvalue weighted by molar-refractivity contribution is 5.78. The van der Waals surface area contributed by atoms with E-state index in [0.717, 1.165) is 25.2 Å². The number of hydrogen-bond acceptors (Lipinski definition) is 5. The molecular formula is C24H32FN3O3. The molecule has 3 rings (SSSR count). The van der Waals surface area contributed by atoms with Gasteiger partial charge in [-0.05, 0) is 37.1 Å². The van der Waals surface area contributed by atoms with Gasteiger partial charge in [-0.2, -0.15) is 0 Å². The second-order valence-corrected chi connectivity index (χ2v) is 8.18. The van der Waals surface area contributed by atoms with Crippen molar-refractivity contribution in [3.63, 3.8) is 0 Å². The number of rotatable bonds is 9. The van der Waals surface area contributed by atoms with Crippen molar-refractivity contribution in [2.75, 3.05) is 39.3 Å². The van der Waals surface area contributed by atoms with Crippen molar-refractivity contribution in [2.24, 2.45) is 0 Å². The molecule has 2 atom stereocenters. The lowest BCUT2D eigenvalue weighted by Crippen LogP contribution is -2.55. The van der Waals surface area contributed by atoms with Crippen LogP contribution >= 0.6 is 0 Å². The first-order valence-electron chi connectivity index (χ1n) is 10.8. The summed E-state index contributed by atoms with van der Waals surface area (Å²) in [6.45, 7) is 7.76. The molecule has 2 aromatic carbocycles. The summed E-state index contributed by atoms with van der Waals surface area (Å²) >= 11 is 0. The molecule has 0 aromatic heterocycles. The first-order chi connectivity index (χ1) is 14.9. The number of halogens is 1. The Morgan fingerprint density at radius 2 is 1.97 bits per heavy atom. The van der Waals surface area contributed by atoms with Crippen LogP contribution in [0.4, 0.5) is 4.39 Å². The normalized spacial score (nSPS) is 18.5. The molecule has 31 heavy (non-hydrogen) atoms. The van der Waals surface area contributed by atoms with E-state index >= 15 is 0 Å². The number of ether oxygens (including phenoxy) is 1. The second-order valence-electron chi connectivity index (χ2n) is 8.18. The molecule has 2 aromatic rings. The van der Waals surface area contributed by atoms with Crippen molar-refractivity contribution >= 4 is 5.91 Å². The van der Waals surface area contributed by atoms with Crippen LogP contribution in [0.1, 0.15) is 18.1 Å². The first kappa shape index (κ1) is 23.2. The Kier molecular flexibility index (Phi) is 8.40. The quantitative estimate of drug-likeness (QED) is 0.640. The van der Waals surface area contributed by atoms with Crippen molar-refractivity contribution in [2.45, 2.75) is 32.5 Å². The van der Waals surface area contributed by atoms with Gasteiger partial charge in [-0.1, -0.05) is 36.4 Å². The number of nitrogens with one attached hydrogen (secondary N) is 1. The van der Waals surface area contributed by atoms with E-state index in [2.05, 4.69) is 22.0 Å². The zero-order chi connectivity index (χ0) is 22.2. The molecule has 1 aliphatic rings. The maximum absolute atomic E-state index is 13.6. The van der Waals surface area contributed by atoms with Crippen LogP contribution in [-0.4, -0.2) is 72.3 Å². The molecule has 0 saturated carbocycles. The van der Waals surface area contributed by atoms with E-state index in [1.54, 1.807) is 18.2 Å². The SMILES string of the molecule is Cc1ccccc1CNC(=O)CN1CCN(C[C@@H](O)COc2ccccc2F)[C@@H](C)C1. The molecule has 0 bridgehead atoms. The number of carbonyl (C=O) groups excluding carboxylic acids is 1. The van der Waals surface area contributed by atoms with Gasteiger partial charge in [0.05, 0.1) is 6.54 Å². The van der Waals surface area contributed by atoms with Crippen LogP contribution in [0.25, 0.3) is 0 Å². The summed E-state index contributed by atoms with van der Waals surface area (Å²) in [5, 5.41) is 13.3. The molecule has 1 aliphatic heterocycles. The molecule has 168 valence electrons. The third kappa shape index (κ3) is 7.02. The fraction of sp³-hybridized carbons (Fsp3) is 0.458. The minimum atomic E-state index is -0.717. The third-order valence-electron chi connectivity index (χ3n) is 5.67. The van der Waals surface area contributed by atoms with Gasteiger partial charge < -0.3 is 15.2 Å². The third-order valence-corrected chi connectivity index (χ3v) is 5.67. The molecule has 1 amide bonds. The number of nitrogens with zero attached hydrogens (tertiary/aromatic N) is 2. The minimum absolute atomic E-state index is 0.0159. The van der Waals surface area contributed by atoms with Crippen LogP contribution in [0.2, 0.25) is 0 Å². The predicted molar refractivity (Wildman–Crippen MR) is 118 cm³/mol. The summed E-state index contributed by atoms with van der Waals surface area (Å²) in [5.74, 6) is -0.268. The van der Waals surface area contributed by atoms with E-state index in [0.29, 0.717) is 19.6 Å². The van der Waals surface area contributed by atoms with Crippen LogP contribution in [-0.2, 0) is 11.3 Å². The number of aryl methyl sites for hydroxylation is 1. The van der Waals surface area contributed by atoms with E-state index in [-0.39, 0.29) is 24.3 Å². The number of β-amino-alcohol motifs (C(OH)–C–C–N with tert-alkyl or cyclic N) is 1. The Morgan fingerprint density at radius 1 is 1.23 bits per heavy atom. The van der Waals surface area contributed by atoms with Crippen LogP contribution in [0, 0.1) is 12.7 Å². The van der Waals surface area contributed by atoms with Gasteiger partial charge >= 0.3 is 0 Å². The zero-order valence-electron chi connectivity index (χ0n) is 18.3. The monoisotopic (exact) mass is 429 g/mol. The number of hydrogen-bond donors (Lipinski definition) is 2. The van der Waals surface area contributed by atoms with Gasteiger partial charge in [-0.3, -0.25) is 14.6 Å². The maximum atomic E-state index is 13.6. The Bertz CT molecular complexity index is 863. The van der Waals surface area contributed by atoms with Crippen LogP contribution < -0.4 is 10.1 Å². The van der Waals surface area contributed by atoms with Gasteiger partial charge in [0.15, 0.2) is 11.6 Å². The fourth-order valence-corrected chi connectivity index (χ4v) is 3.82. The Hall–Kier alpha value is -2.48. The van der Waals surface area contributed by atoms with Crippen molar-refractivity contribution in [3.05, 3.63) is 65.5 Å². The van der Waals surface area contributed by atoms with Gasteiger partial charge in [0.2, 0.25) is 5.91 Å². The van der Waals surface area contributed by atoms with Gasteiger partial charge in [-0.15, -0.1) is 0 Å². The van der Waals surface area contributed by atoms with Crippen LogP contribution in [0.3, 0.4) is 0 Å². The number of carbonyl (C=O) groups is 1. The maximum Gasteiger partial charge on any atom is 0.234 e. The van der Waals surface area contributed by atoms with Crippen molar-refractivity contribution < 1.29 is 19.0 Å². The summed E-state index contributed by atoms with van der Waals surface area (Å²) in [6.07, 6.45) is -0.717. The van der Waals surface area contributed by atoms with Crippen molar-refractivity contribution in [1.29, 1.82) is 0 Å². The van der Waals surface area contributed by atoms with Crippen LogP contribution in [0.5, 0.6) is 5.75 Å². The highest BCUT2D eigenvalue weighted by Gasteiger charge is 2.26. The van der Waals surface area contributed by atoms with Crippen molar-refractivity contribution in [3.8, 4) is 5.75 Å². The lowest BCUT2D eigenvalue weighted by atomic mass is 10.1. The molecule has 1 heterocycles. The average molecular weight is 430 g/mol. The van der Waals surface area contributed by atoms with Gasteiger partial charge in [0.1, 0.15) is 12.7 Å². The largest absolute Gasteiger partial charge is 0.488 e. The number of aliphatic hydroxyl groups excluding tert-OH is 1. The predicted octanol–water partition coefficient (Wildman–Crippen LogP) is 2.20. The Morgan fingerprint density at radius 3 is 2.71 bits per heavy atom. The van der Waals surface area contributed by atoms with Crippen LogP contribution in [0.15, 0.2) is 48.5 Å². The highest BCUT2D eigenvalue weighted by atomic mass is 19.1. The van der Waals surface area contributed by atoms with Gasteiger partial charge in [-0.25, -0.2) is 4.39 Å². The topological polar surface area (TPSA) is 65.0 Å². The standard InChI is InChI=1S/C24H32FN3O3/c1-18-7-3-4-8-20(18)13-26-24(30)16-27-11-12-28(19(2)14-27)15-21(29)17-31-23-10-6-5-9-22(23)25/h3-10,19,21,29H,11-17H2,1-2H3,(H,26,30)/t19-,21+/m0/s1. The van der Waals surface area contributed by atoms with Crippen molar-refractivity contribution in [1.82, 2.24) is 15.1 Å². The van der Waals surface area contributed by atoms with E-state index in [9.17, 15) is 14.3 Å². The lowest BCUT2D eigenvalue weighted by molar-refractivity contribution is -0.123. The van der Waals surface area contributed by atoms with E-state index < -0.39 is 11.9 Å². The lowest BCUT2D eigenvalue weighted by Gasteiger charge is -2.40. The summed E-state index contributed by atoms with van der Waals surface area (Å²) < 4.78 is 19.0. The molecule has 2 N–H and O–H groups in total. The van der Waals surface area contributed by atoms with Gasteiger partial charge in [0, 0.05) is 38.8 Å². The Balaban J connectivity index is 1.38. The zero-order valence-corrected chi connectivity index (χ0v) is 18.3. The first-order valence-corrected chi connectivity index (χ1v) is 10.8. The van der Waals surface area contributed by atoms with E-state index in [4.69, 9.17) is 4.74 Å². The van der Waals surface area contributed by atoms with Gasteiger partial charge in [0.25, 0.3) is 0 Å². The molecule has 0 radical (unpaired) electrons. The summed E-state index contributed by atoms with van der Waals surface area (Å²) in [6, 6.07) is 14.4. The summed E-state index contributed by atoms with van der Waals surface area (Å²) in [5.41, 5.74) is 2.29. The minimum Gasteiger partial charge on any atom is -0.488 e. The molecule has 0 unspecified atom stereocenters. The number of para-hydroxylation sites is 1. The molecule has 7 heteroatoms. The summed E-state index contributed by atoms with van der Waals surface area (Å²) in [7, 11) is 0. The number of amides is 1. The van der Waals surface area contributed by atoms with E-state index in [1.807, 2.05) is 31.2 Å². The highest BCUT2D eigenvalue weighted by Crippen LogP contribution is 2.16. The molecule has 0 aliphatic carbocycles. The average Bonchev–Trinajstić information content (AvgIpc) is 2.74. The summed E-state index contributed by atoms with van der Waals surface area (Å²) in [4.78, 5) is 16.7. The smallest absolute Gasteiger partial charge is 0.234 e. The number of aliphatic hydroxyl groups is 1. The molecule has 1 saturated heterocycles. The fourth-order valence-electron chi connectivity index (χ4n) is 3.82. The Labute approximate surface area is 183 Å². The number of piperazine rings is 1.